The van der Waals surface area contributed by atoms with Crippen molar-refractivity contribution in [1.82, 2.24) is 0 Å². The minimum Gasteiger partial charge on any atom is -0.388 e. The monoisotopic (exact) mass is 281 g/mol. The van der Waals surface area contributed by atoms with Crippen LogP contribution in [0.25, 0.3) is 0 Å². The molecule has 0 aliphatic rings. The molecule has 2 unspecified atom stereocenters. The van der Waals surface area contributed by atoms with E-state index in [9.17, 15) is 18.3 Å². The van der Waals surface area contributed by atoms with E-state index in [0.717, 1.165) is 18.2 Å². The van der Waals surface area contributed by atoms with Gasteiger partial charge in [-0.3, -0.25) is 0 Å². The highest BCUT2D eigenvalue weighted by Crippen LogP contribution is 2.32. The lowest BCUT2D eigenvalue weighted by atomic mass is 9.89. The molecule has 0 aromatic heterocycles. The van der Waals surface area contributed by atoms with Gasteiger partial charge in [0.2, 0.25) is 0 Å². The summed E-state index contributed by atoms with van der Waals surface area (Å²) in [5.41, 5.74) is 5.83. The van der Waals surface area contributed by atoms with E-state index in [-0.39, 0.29) is 12.1 Å². The van der Waals surface area contributed by atoms with Crippen molar-refractivity contribution in [3.05, 3.63) is 71.0 Å². The smallest absolute Gasteiger partial charge is 0.129 e. The first kappa shape index (κ1) is 14.6. The summed E-state index contributed by atoms with van der Waals surface area (Å²) in [4.78, 5) is 0. The molecule has 2 atom stereocenters. The van der Waals surface area contributed by atoms with Crippen molar-refractivity contribution >= 4 is 0 Å². The van der Waals surface area contributed by atoms with Gasteiger partial charge in [-0.15, -0.1) is 0 Å². The molecule has 0 radical (unpaired) electrons. The van der Waals surface area contributed by atoms with Crippen LogP contribution in [-0.4, -0.2) is 11.7 Å². The van der Waals surface area contributed by atoms with Crippen LogP contribution in [0.1, 0.15) is 23.1 Å². The standard InChI is InChI=1S/C15H14F3NO/c16-10-3-1-2-9(6-10)13(8-19)15(20)12-7-11(17)4-5-14(12)18/h1-7,13,15,20H,8,19H2. The summed E-state index contributed by atoms with van der Waals surface area (Å²) in [5.74, 6) is -2.58. The Hall–Kier alpha value is -1.85. The molecule has 0 heterocycles. The molecule has 0 aliphatic carbocycles. The van der Waals surface area contributed by atoms with Gasteiger partial charge in [-0.25, -0.2) is 13.2 Å². The summed E-state index contributed by atoms with van der Waals surface area (Å²) in [7, 11) is 0. The van der Waals surface area contributed by atoms with Gasteiger partial charge in [0.15, 0.2) is 0 Å². The van der Waals surface area contributed by atoms with Gasteiger partial charge < -0.3 is 10.8 Å². The zero-order valence-electron chi connectivity index (χ0n) is 10.6. The highest BCUT2D eigenvalue weighted by atomic mass is 19.1. The fourth-order valence-corrected chi connectivity index (χ4v) is 2.14. The van der Waals surface area contributed by atoms with Crippen LogP contribution in [0.3, 0.4) is 0 Å². The van der Waals surface area contributed by atoms with Gasteiger partial charge in [-0.2, -0.15) is 0 Å². The molecular formula is C15H14F3NO. The second kappa shape index (κ2) is 6.07. The third-order valence-electron chi connectivity index (χ3n) is 3.19. The van der Waals surface area contributed by atoms with Crippen molar-refractivity contribution in [2.45, 2.75) is 12.0 Å². The molecule has 0 saturated carbocycles. The van der Waals surface area contributed by atoms with Crippen LogP contribution in [-0.2, 0) is 0 Å². The van der Waals surface area contributed by atoms with Crippen LogP contribution in [0.2, 0.25) is 0 Å². The van der Waals surface area contributed by atoms with Gasteiger partial charge in [0.05, 0.1) is 6.10 Å². The number of hydrogen-bond acceptors (Lipinski definition) is 2. The number of nitrogens with two attached hydrogens (primary N) is 1. The zero-order valence-corrected chi connectivity index (χ0v) is 10.6. The van der Waals surface area contributed by atoms with Crippen molar-refractivity contribution in [3.8, 4) is 0 Å². The van der Waals surface area contributed by atoms with Gasteiger partial charge in [-0.05, 0) is 35.9 Å². The molecule has 2 aromatic rings. The van der Waals surface area contributed by atoms with Crippen LogP contribution in [0, 0.1) is 17.5 Å². The topological polar surface area (TPSA) is 46.2 Å². The minimum absolute atomic E-state index is 0.0272. The average molecular weight is 281 g/mol. The van der Waals surface area contributed by atoms with Crippen LogP contribution < -0.4 is 5.73 Å². The van der Waals surface area contributed by atoms with E-state index in [1.165, 1.54) is 18.2 Å². The van der Waals surface area contributed by atoms with E-state index in [2.05, 4.69) is 0 Å². The van der Waals surface area contributed by atoms with Crippen molar-refractivity contribution in [3.63, 3.8) is 0 Å². The molecule has 2 aromatic carbocycles. The SMILES string of the molecule is NCC(c1cccc(F)c1)C(O)c1cc(F)ccc1F. The summed E-state index contributed by atoms with van der Waals surface area (Å²) in [6.45, 7) is -0.0272. The van der Waals surface area contributed by atoms with Crippen molar-refractivity contribution < 1.29 is 18.3 Å². The lowest BCUT2D eigenvalue weighted by Crippen LogP contribution is -2.21. The summed E-state index contributed by atoms with van der Waals surface area (Å²) < 4.78 is 40.1. The lowest BCUT2D eigenvalue weighted by Gasteiger charge is -2.22. The molecule has 20 heavy (non-hydrogen) atoms. The molecule has 2 rings (SSSR count). The molecule has 0 fully saturated rings. The van der Waals surface area contributed by atoms with Gasteiger partial charge in [0, 0.05) is 18.0 Å². The minimum atomic E-state index is -1.35. The number of aliphatic hydroxyl groups excluding tert-OH is 1. The Balaban J connectivity index is 2.38. The fraction of sp³-hybridized carbons (Fsp3) is 0.200. The Morgan fingerprint density at radius 1 is 1.00 bits per heavy atom. The lowest BCUT2D eigenvalue weighted by molar-refractivity contribution is 0.142. The first-order valence-electron chi connectivity index (χ1n) is 6.11. The van der Waals surface area contributed by atoms with Gasteiger partial charge in [-0.1, -0.05) is 12.1 Å². The maximum absolute atomic E-state index is 13.7. The van der Waals surface area contributed by atoms with E-state index >= 15 is 0 Å². The third kappa shape index (κ3) is 3.00. The van der Waals surface area contributed by atoms with Gasteiger partial charge >= 0.3 is 0 Å². The van der Waals surface area contributed by atoms with Crippen LogP contribution in [0.5, 0.6) is 0 Å². The van der Waals surface area contributed by atoms with Crippen molar-refractivity contribution in [2.75, 3.05) is 6.54 Å². The third-order valence-corrected chi connectivity index (χ3v) is 3.19. The second-order valence-corrected chi connectivity index (χ2v) is 4.51. The van der Waals surface area contributed by atoms with Crippen molar-refractivity contribution in [1.29, 1.82) is 0 Å². The first-order valence-corrected chi connectivity index (χ1v) is 6.11. The predicted molar refractivity (Wildman–Crippen MR) is 69.5 cm³/mol. The van der Waals surface area contributed by atoms with Gasteiger partial charge in [0.1, 0.15) is 17.5 Å². The maximum Gasteiger partial charge on any atom is 0.129 e. The number of rotatable bonds is 4. The largest absolute Gasteiger partial charge is 0.388 e. The Kier molecular flexibility index (Phi) is 4.42. The Labute approximate surface area is 114 Å². The zero-order chi connectivity index (χ0) is 14.7. The Morgan fingerprint density at radius 2 is 1.70 bits per heavy atom. The predicted octanol–water partition coefficient (Wildman–Crippen LogP) is 2.88. The fourth-order valence-electron chi connectivity index (χ4n) is 2.14. The van der Waals surface area contributed by atoms with Crippen LogP contribution >= 0.6 is 0 Å². The molecular weight excluding hydrogens is 267 g/mol. The van der Waals surface area contributed by atoms with E-state index < -0.39 is 29.5 Å². The summed E-state index contributed by atoms with van der Waals surface area (Å²) in [6.07, 6.45) is -1.35. The van der Waals surface area contributed by atoms with E-state index in [1.54, 1.807) is 6.07 Å². The van der Waals surface area contributed by atoms with Gasteiger partial charge in [0.25, 0.3) is 0 Å². The molecule has 0 aliphatic heterocycles. The molecule has 3 N–H and O–H groups in total. The number of hydrogen-bond donors (Lipinski definition) is 2. The number of benzene rings is 2. The second-order valence-electron chi connectivity index (χ2n) is 4.51. The van der Waals surface area contributed by atoms with Crippen molar-refractivity contribution in [2.24, 2.45) is 5.73 Å². The van der Waals surface area contributed by atoms with Crippen LogP contribution in [0.15, 0.2) is 42.5 Å². The molecule has 0 amide bonds. The highest BCUT2D eigenvalue weighted by molar-refractivity contribution is 5.28. The first-order chi connectivity index (χ1) is 9.52. The normalized spacial score (nSPS) is 14.1. The summed E-state index contributed by atoms with van der Waals surface area (Å²) in [5, 5.41) is 10.2. The number of halogens is 3. The molecule has 106 valence electrons. The van der Waals surface area contributed by atoms with E-state index in [0.29, 0.717) is 5.56 Å². The maximum atomic E-state index is 13.7. The Bertz CT molecular complexity index is 603. The van der Waals surface area contributed by atoms with E-state index in [4.69, 9.17) is 5.73 Å². The summed E-state index contributed by atoms with van der Waals surface area (Å²) in [6, 6.07) is 8.35. The number of aliphatic hydroxyl groups is 1. The molecule has 5 heteroatoms. The van der Waals surface area contributed by atoms with E-state index in [1.807, 2.05) is 0 Å². The highest BCUT2D eigenvalue weighted by Gasteiger charge is 2.24. The quantitative estimate of drug-likeness (QED) is 0.905. The Morgan fingerprint density at radius 3 is 2.35 bits per heavy atom. The molecule has 0 spiro atoms. The average Bonchev–Trinajstić information content (AvgIpc) is 2.42. The molecule has 2 nitrogen and oxygen atoms in total. The molecule has 0 saturated heterocycles. The summed E-state index contributed by atoms with van der Waals surface area (Å²) >= 11 is 0. The molecule has 0 bridgehead atoms. The van der Waals surface area contributed by atoms with Crippen LogP contribution in [0.4, 0.5) is 13.2 Å².